The van der Waals surface area contributed by atoms with Crippen molar-refractivity contribution in [3.63, 3.8) is 0 Å². The number of nitrogens with one attached hydrogen (secondary N) is 2. The van der Waals surface area contributed by atoms with Crippen LogP contribution in [0.5, 0.6) is 0 Å². The van der Waals surface area contributed by atoms with Gasteiger partial charge in [-0.15, -0.1) is 0 Å². The summed E-state index contributed by atoms with van der Waals surface area (Å²) in [5.41, 5.74) is 6.19. The number of amides is 1. The Balaban J connectivity index is 2.27. The third-order valence-electron chi connectivity index (χ3n) is 4.76. The highest BCUT2D eigenvalue weighted by molar-refractivity contribution is 7.07. The van der Waals surface area contributed by atoms with Gasteiger partial charge in [0.15, 0.2) is 5.57 Å². The number of hydrogen-bond acceptors (Lipinski definition) is 9. The molecule has 194 valence electrons. The minimum absolute atomic E-state index is 0.0412. The van der Waals surface area contributed by atoms with Crippen LogP contribution in [0, 0.1) is 11.3 Å². The molecule has 2 N–H and O–H groups in total. The molecule has 0 saturated heterocycles. The van der Waals surface area contributed by atoms with Crippen LogP contribution in [0.4, 0.5) is 11.4 Å². The van der Waals surface area contributed by atoms with Crippen molar-refractivity contribution in [3.05, 3.63) is 68.2 Å². The van der Waals surface area contributed by atoms with E-state index < -0.39 is 5.97 Å². The molecule has 0 radical (unpaired) electrons. The second-order valence-corrected chi connectivity index (χ2v) is 8.58. The number of thiazole rings is 1. The molecular weight excluding hydrogens is 494 g/mol. The van der Waals surface area contributed by atoms with Gasteiger partial charge in [0.1, 0.15) is 21.9 Å². The van der Waals surface area contributed by atoms with Crippen LogP contribution in [-0.4, -0.2) is 61.8 Å². The molecule has 0 atom stereocenters. The zero-order chi connectivity index (χ0) is 27.2. The molecule has 10 nitrogen and oxygen atoms in total. The zero-order valence-corrected chi connectivity index (χ0v) is 21.8. The molecule has 0 aliphatic rings. The van der Waals surface area contributed by atoms with Crippen LogP contribution in [0.15, 0.2) is 53.5 Å². The maximum atomic E-state index is 12.7. The second-order valence-electron chi connectivity index (χ2n) is 7.58. The van der Waals surface area contributed by atoms with E-state index in [1.165, 1.54) is 16.8 Å². The molecule has 0 aliphatic carbocycles. The van der Waals surface area contributed by atoms with E-state index in [2.05, 4.69) is 28.7 Å². The molecule has 0 fully saturated rings. The van der Waals surface area contributed by atoms with Crippen molar-refractivity contribution in [2.24, 2.45) is 0 Å². The molecule has 0 bridgehead atoms. The van der Waals surface area contributed by atoms with Crippen LogP contribution >= 0.6 is 11.3 Å². The van der Waals surface area contributed by atoms with Gasteiger partial charge in [-0.05, 0) is 32.2 Å². The Bertz CT molecular complexity index is 1420. The predicted octanol–water partition coefficient (Wildman–Crippen LogP) is 1.01. The summed E-state index contributed by atoms with van der Waals surface area (Å²) in [7, 11) is 3.45. The topological polar surface area (TPSA) is 126 Å². The molecular formula is C26H29N5O5S. The minimum Gasteiger partial charge on any atom is -0.457 e. The van der Waals surface area contributed by atoms with Gasteiger partial charge >= 0.3 is 5.97 Å². The van der Waals surface area contributed by atoms with E-state index in [4.69, 9.17) is 9.47 Å². The molecule has 1 aromatic carbocycles. The first-order chi connectivity index (χ1) is 17.8. The number of likely N-dealkylation sites (N-methyl/N-ethyl adjacent to an activating group) is 1. The number of carbonyl (C=O) groups excluding carboxylic acids is 2. The van der Waals surface area contributed by atoms with Crippen molar-refractivity contribution in [2.75, 3.05) is 51.1 Å². The number of nitriles is 1. The van der Waals surface area contributed by atoms with Crippen molar-refractivity contribution >= 4 is 46.1 Å². The quantitative estimate of drug-likeness (QED) is 0.183. The van der Waals surface area contributed by atoms with Crippen LogP contribution in [0.2, 0.25) is 0 Å². The lowest BCUT2D eigenvalue weighted by molar-refractivity contribution is -0.137. The molecule has 2 rings (SSSR count). The summed E-state index contributed by atoms with van der Waals surface area (Å²) in [6.07, 6.45) is 2.86. The van der Waals surface area contributed by atoms with Gasteiger partial charge in [0, 0.05) is 37.8 Å². The monoisotopic (exact) mass is 523 g/mol. The highest BCUT2D eigenvalue weighted by atomic mass is 32.1. The normalized spacial score (nSPS) is 10.0. The smallest absolute Gasteiger partial charge is 0.357 e. The molecule has 37 heavy (non-hydrogen) atoms. The predicted molar refractivity (Wildman–Crippen MR) is 143 cm³/mol. The van der Waals surface area contributed by atoms with Gasteiger partial charge in [-0.2, -0.15) is 5.26 Å². The first-order valence-corrected chi connectivity index (χ1v) is 12.1. The van der Waals surface area contributed by atoms with Crippen LogP contribution in [-0.2, 0) is 25.6 Å². The standard InChI is InChI=1S/C26H29N5O5S/c1-5-13-36-26(34)19(17-27)15-24-31(6-2)25(33)22(37-24)10-11-28-20-8-7-9-21(16-20)29-23(32)18-30(3)12-14-35-4/h5,7-9,11,16,28H,1,6,12-14,18H2,2-4H3,(H,29,32). The number of carbonyl (C=O) groups is 2. The fourth-order valence-corrected chi connectivity index (χ4v) is 3.95. The number of rotatable bonds is 12. The summed E-state index contributed by atoms with van der Waals surface area (Å²) in [6.45, 7) is 6.90. The number of ether oxygens (including phenoxy) is 2. The summed E-state index contributed by atoms with van der Waals surface area (Å²) < 4.78 is 11.8. The van der Waals surface area contributed by atoms with Crippen molar-refractivity contribution in [1.29, 1.82) is 5.26 Å². The number of aromatic nitrogens is 1. The maximum Gasteiger partial charge on any atom is 0.357 e. The third-order valence-corrected chi connectivity index (χ3v) is 5.77. The summed E-state index contributed by atoms with van der Waals surface area (Å²) >= 11 is 1.04. The summed E-state index contributed by atoms with van der Waals surface area (Å²) in [5, 5.41) is 15.2. The summed E-state index contributed by atoms with van der Waals surface area (Å²) in [6, 6.07) is 8.85. The second kappa shape index (κ2) is 15.1. The van der Waals surface area contributed by atoms with E-state index in [1.807, 2.05) is 11.9 Å². The van der Waals surface area contributed by atoms with Gasteiger partial charge in [0.05, 0.1) is 13.2 Å². The maximum absolute atomic E-state index is 12.7. The molecule has 2 aromatic rings. The van der Waals surface area contributed by atoms with Crippen LogP contribution in [0.3, 0.4) is 0 Å². The molecule has 0 unspecified atom stereocenters. The van der Waals surface area contributed by atoms with Crippen LogP contribution in [0.25, 0.3) is 11.5 Å². The van der Waals surface area contributed by atoms with Crippen molar-refractivity contribution in [1.82, 2.24) is 9.47 Å². The lowest BCUT2D eigenvalue weighted by atomic mass is 10.2. The van der Waals surface area contributed by atoms with Crippen molar-refractivity contribution in [3.8, 4) is 6.07 Å². The fraction of sp³-hybridized carbons (Fsp3) is 0.308. The number of methoxy groups -OCH3 is 1. The Labute approximate surface area is 218 Å². The van der Waals surface area contributed by atoms with E-state index in [-0.39, 0.29) is 34.7 Å². The van der Waals surface area contributed by atoms with E-state index in [0.29, 0.717) is 35.7 Å². The van der Waals surface area contributed by atoms with E-state index in [9.17, 15) is 19.6 Å². The van der Waals surface area contributed by atoms with Crippen LogP contribution in [0.1, 0.15) is 6.92 Å². The Morgan fingerprint density at radius 1 is 1.32 bits per heavy atom. The summed E-state index contributed by atoms with van der Waals surface area (Å²) in [4.78, 5) is 38.9. The average molecular weight is 524 g/mol. The molecule has 1 amide bonds. The molecule has 0 aliphatic heterocycles. The molecule has 11 heteroatoms. The van der Waals surface area contributed by atoms with E-state index in [1.54, 1.807) is 44.4 Å². The van der Waals surface area contributed by atoms with Gasteiger partial charge in [-0.1, -0.05) is 41.5 Å². The highest BCUT2D eigenvalue weighted by Gasteiger charge is 2.10. The first kappa shape index (κ1) is 29.1. The van der Waals surface area contributed by atoms with Crippen LogP contribution < -0.4 is 25.4 Å². The van der Waals surface area contributed by atoms with Gasteiger partial charge < -0.3 is 20.1 Å². The van der Waals surface area contributed by atoms with E-state index >= 15 is 0 Å². The molecule has 0 spiro atoms. The minimum atomic E-state index is -0.845. The Hall–Kier alpha value is -4.16. The van der Waals surface area contributed by atoms with Gasteiger partial charge in [-0.3, -0.25) is 19.1 Å². The number of anilines is 2. The lowest BCUT2D eigenvalue weighted by Gasteiger charge is -2.15. The largest absolute Gasteiger partial charge is 0.457 e. The molecule has 0 saturated carbocycles. The molecule has 1 aromatic heterocycles. The van der Waals surface area contributed by atoms with Crippen molar-refractivity contribution in [2.45, 2.75) is 13.5 Å². The number of hydrogen-bond donors (Lipinski definition) is 2. The Morgan fingerprint density at radius 3 is 2.76 bits per heavy atom. The van der Waals surface area contributed by atoms with Gasteiger partial charge in [0.25, 0.3) is 5.56 Å². The first-order valence-electron chi connectivity index (χ1n) is 11.3. The average Bonchev–Trinajstić information content (AvgIpc) is 3.18. The summed E-state index contributed by atoms with van der Waals surface area (Å²) in [5.74, 6) is -0.999. The zero-order valence-electron chi connectivity index (χ0n) is 21.0. The van der Waals surface area contributed by atoms with Crippen molar-refractivity contribution < 1.29 is 19.1 Å². The number of esters is 1. The SMILES string of the molecule is C=CCOC(=O)C(=C=c1sc(=C=CNc2cccc(NC(=O)CN(C)CCOC)c2)c(=O)n1CC)C#N. The number of benzene rings is 1. The van der Waals surface area contributed by atoms with Gasteiger partial charge in [-0.25, -0.2) is 4.79 Å². The lowest BCUT2D eigenvalue weighted by Crippen LogP contribution is -2.32. The Kier molecular flexibility index (Phi) is 11.8. The Morgan fingerprint density at radius 2 is 2.08 bits per heavy atom. The molecule has 1 heterocycles. The fourth-order valence-electron chi connectivity index (χ4n) is 2.96. The van der Waals surface area contributed by atoms with Gasteiger partial charge in [0.2, 0.25) is 5.91 Å². The van der Waals surface area contributed by atoms with E-state index in [0.717, 1.165) is 11.3 Å². The highest BCUT2D eigenvalue weighted by Crippen LogP contribution is 2.15. The third kappa shape index (κ3) is 9.09. The number of nitrogens with zero attached hydrogens (tertiary/aromatic N) is 3.